The molecule has 0 radical (unpaired) electrons. The first-order chi connectivity index (χ1) is 71.9. The van der Waals surface area contributed by atoms with Crippen molar-refractivity contribution < 1.29 is 5.11 Å². The van der Waals surface area contributed by atoms with E-state index in [2.05, 4.69) is 244 Å². The number of rotatable bonds is 15. The first kappa shape index (κ1) is 99.0. The second kappa shape index (κ2) is 42.5. The molecule has 0 saturated carbocycles. The number of pyridine rings is 7. The quantitative estimate of drug-likeness (QED) is 0.0920. The van der Waals surface area contributed by atoms with Crippen molar-refractivity contribution in [2.75, 3.05) is 38.7 Å². The number of aromatic nitrogens is 12. The summed E-state index contributed by atoms with van der Waals surface area (Å²) in [6.45, 7) is 18.0. The Hall–Kier alpha value is -15.0. The lowest BCUT2D eigenvalue weighted by Gasteiger charge is -2.31. The minimum atomic E-state index is -0.0517. The van der Waals surface area contributed by atoms with Gasteiger partial charge in [-0.05, 0) is 303 Å². The molecule has 20 aromatic rings. The van der Waals surface area contributed by atoms with E-state index in [1.54, 1.807) is 76.7 Å². The molecular weight excluding hydrogens is 1870 g/mol. The highest BCUT2D eigenvalue weighted by molar-refractivity contribution is 7.98. The maximum Gasteiger partial charge on any atom is 0.255 e. The lowest BCUT2D eigenvalue weighted by Crippen LogP contribution is -2.36. The third-order valence-electron chi connectivity index (χ3n) is 31.1. The Morgan fingerprint density at radius 1 is 0.338 bits per heavy atom. The van der Waals surface area contributed by atoms with Gasteiger partial charge in [0, 0.05) is 250 Å². The highest BCUT2D eigenvalue weighted by Gasteiger charge is 2.29. The molecule has 25 rings (SSSR count). The first-order valence-corrected chi connectivity index (χ1v) is 54.1. The summed E-state index contributed by atoms with van der Waals surface area (Å²) in [4.78, 5) is 80.8. The number of likely N-dealkylation sites (N-methyl/N-ethyl adjacent to an activating group) is 1. The van der Waals surface area contributed by atoms with Crippen molar-refractivity contribution >= 4 is 78.0 Å². The smallest absolute Gasteiger partial charge is 0.255 e. The van der Waals surface area contributed by atoms with Crippen LogP contribution in [0.4, 0.5) is 0 Å². The maximum atomic E-state index is 12.9. The Bertz CT molecular complexity index is 8310. The van der Waals surface area contributed by atoms with Gasteiger partial charge in [0.15, 0.2) is 0 Å². The van der Waals surface area contributed by atoms with Crippen LogP contribution in [-0.4, -0.2) is 115 Å². The van der Waals surface area contributed by atoms with E-state index >= 15 is 0 Å². The first-order valence-electron chi connectivity index (χ1n) is 51.6. The molecule has 0 saturated heterocycles. The highest BCUT2D eigenvalue weighted by atomic mass is 32.2. The van der Waals surface area contributed by atoms with Gasteiger partial charge in [0.25, 0.3) is 27.8 Å². The molecule has 15 heterocycles. The number of hydrogen-bond acceptors (Lipinski definition) is 13. The molecule has 23 heteroatoms. The molecule has 21 nitrogen and oxygen atoms in total. The van der Waals surface area contributed by atoms with Crippen LogP contribution in [0.15, 0.2) is 326 Å². The summed E-state index contributed by atoms with van der Waals surface area (Å²) < 4.78 is 20.1. The van der Waals surface area contributed by atoms with Crippen LogP contribution in [0.2, 0.25) is 0 Å². The number of aliphatic hydroxyl groups is 1. The number of benzene rings is 8. The lowest BCUT2D eigenvalue weighted by atomic mass is 9.95. The number of nitrogens with zero attached hydrogens (tertiary/aromatic N) is 14. The summed E-state index contributed by atoms with van der Waals surface area (Å²) in [5.41, 5.74) is 36.9. The molecule has 2 N–H and O–H groups in total. The largest absolute Gasteiger partial charge is 0.392 e. The van der Waals surface area contributed by atoms with Crippen molar-refractivity contribution in [1.82, 2.24) is 70.8 Å². The monoisotopic (exact) mass is 2000 g/mol. The summed E-state index contributed by atoms with van der Waals surface area (Å²) in [7, 11) is 10.7. The fourth-order valence-electron chi connectivity index (χ4n) is 22.6. The minimum absolute atomic E-state index is 0.00485. The van der Waals surface area contributed by atoms with Crippen molar-refractivity contribution in [2.45, 2.75) is 147 Å². The Morgan fingerprint density at radius 3 is 1.01 bits per heavy atom. The Labute approximate surface area is 870 Å². The molecular formula is C125H125N15O6S2. The summed E-state index contributed by atoms with van der Waals surface area (Å²) in [5, 5.41) is 19.2. The van der Waals surface area contributed by atoms with Gasteiger partial charge in [-0.15, -0.1) is 23.5 Å². The third kappa shape index (κ3) is 19.6. The van der Waals surface area contributed by atoms with Crippen molar-refractivity contribution in [3.05, 3.63) is 417 Å². The van der Waals surface area contributed by atoms with Crippen LogP contribution >= 0.6 is 23.5 Å². The minimum Gasteiger partial charge on any atom is -0.392 e. The average molecular weight is 2000 g/mol. The molecule has 148 heavy (non-hydrogen) atoms. The molecule has 2 aliphatic carbocycles. The van der Waals surface area contributed by atoms with Crippen molar-refractivity contribution in [2.24, 2.45) is 35.2 Å². The van der Waals surface area contributed by atoms with Crippen molar-refractivity contribution in [3.8, 4) is 84.3 Å². The Kier molecular flexibility index (Phi) is 28.4. The van der Waals surface area contributed by atoms with Gasteiger partial charge in [-0.3, -0.25) is 66.6 Å². The van der Waals surface area contributed by atoms with Gasteiger partial charge < -0.3 is 33.3 Å². The van der Waals surface area contributed by atoms with Gasteiger partial charge in [-0.2, -0.15) is 0 Å². The summed E-state index contributed by atoms with van der Waals surface area (Å²) >= 11 is 3.43. The van der Waals surface area contributed by atoms with E-state index in [9.17, 15) is 29.1 Å². The number of nitrogens with one attached hydrogen (secondary N) is 1. The molecule has 5 aliphatic rings. The Morgan fingerprint density at radius 2 is 0.662 bits per heavy atom. The predicted octanol–water partition coefficient (Wildman–Crippen LogP) is 22.9. The number of hydrogen-bond donors (Lipinski definition) is 2. The molecule has 0 spiro atoms. The number of thioether (sulfide) groups is 2. The maximum absolute atomic E-state index is 12.9. The van der Waals surface area contributed by atoms with Crippen LogP contribution in [0.3, 0.4) is 0 Å². The zero-order valence-electron chi connectivity index (χ0n) is 86.3. The lowest BCUT2D eigenvalue weighted by molar-refractivity contribution is 0.202. The van der Waals surface area contributed by atoms with Crippen LogP contribution < -0.4 is 33.1 Å². The van der Waals surface area contributed by atoms with Gasteiger partial charge in [0.05, 0.1) is 74.0 Å². The van der Waals surface area contributed by atoms with Crippen LogP contribution in [0, 0.1) is 13.8 Å². The van der Waals surface area contributed by atoms with Crippen LogP contribution in [0.1, 0.15) is 119 Å². The topological polar surface area (TPSA) is 199 Å². The van der Waals surface area contributed by atoms with E-state index in [0.717, 1.165) is 192 Å². The van der Waals surface area contributed by atoms with E-state index in [1.165, 1.54) is 146 Å². The summed E-state index contributed by atoms with van der Waals surface area (Å²) in [6, 6.07) is 83.0. The van der Waals surface area contributed by atoms with Crippen LogP contribution in [-0.2, 0) is 106 Å². The second-order valence-corrected chi connectivity index (χ2v) is 41.8. The van der Waals surface area contributed by atoms with Gasteiger partial charge in [0.1, 0.15) is 0 Å². The fourth-order valence-corrected chi connectivity index (χ4v) is 23.4. The number of fused-ring (bicyclic) bond motifs is 15. The SMILES string of the molecule is CCN1CCc2c(c3ccc(-n4ccc(-c5ccc(C)cn5)cc4=O)cc3n2C)C1.CSc1ccc(-c2ccn(-c3ccc4c5c(n(C)c4c3)CCCC5)c(=O)c2)cc1.CSc1ccc(-c2ccn(-c3ccc4c5c(n(C)c4c3)CCNC5)c(=O)c2)cc1.Cc1ccc(-c2ccn(-c3ccc4c5c(n(C)c4c3)CCN(C(C)C)C5)c(=O)c2)nc1.Cn1c2c(c3ccc(-n4ccc(-c5ccc(CO)cc5)cc4=O)cc31)CCCC2. The molecule has 0 fully saturated rings. The van der Waals surface area contributed by atoms with Crippen molar-refractivity contribution in [1.29, 1.82) is 0 Å². The van der Waals surface area contributed by atoms with Gasteiger partial charge in [-0.1, -0.05) is 97.9 Å². The van der Waals surface area contributed by atoms with Gasteiger partial charge in [0.2, 0.25) is 0 Å². The molecule has 0 atom stereocenters. The molecule has 0 bridgehead atoms. The zero-order chi connectivity index (χ0) is 102. The zero-order valence-corrected chi connectivity index (χ0v) is 87.9. The van der Waals surface area contributed by atoms with Crippen molar-refractivity contribution in [3.63, 3.8) is 0 Å². The number of aliphatic hydroxyl groups excluding tert-OH is 1. The van der Waals surface area contributed by atoms with E-state index < -0.39 is 0 Å². The molecule has 0 amide bonds. The van der Waals surface area contributed by atoms with E-state index in [0.29, 0.717) is 6.04 Å². The van der Waals surface area contributed by atoms with Gasteiger partial charge in [-0.25, -0.2) is 0 Å². The molecule has 0 unspecified atom stereocenters. The molecule has 12 aromatic heterocycles. The molecule has 8 aromatic carbocycles. The van der Waals surface area contributed by atoms with Crippen LogP contribution in [0.5, 0.6) is 0 Å². The predicted molar refractivity (Wildman–Crippen MR) is 607 cm³/mol. The van der Waals surface area contributed by atoms with E-state index in [4.69, 9.17) is 0 Å². The number of aryl methyl sites for hydroxylation is 9. The summed E-state index contributed by atoms with van der Waals surface area (Å²) in [5.74, 6) is 0. The standard InChI is InChI=1S/C26H28N4O.C25H26N4O.C25H24N2O2.C25H24N2OS.C24H23N3OS/c1-17(2)29-11-10-24-22(16-29)21-7-6-20(14-25(21)28(24)4)30-12-9-19(13-26(30)31)23-8-5-18(3)15-27-23;1-4-28-11-10-23-21(16-28)20-7-6-19(14-24(20)27(23)3)29-12-9-18(13-25(29)30)22-8-5-17(2)15-26-22;1-26-23-5-3-2-4-21(23)22-11-10-20(15-24(22)26)27-13-12-19(14-25(27)29)18-8-6-17(16-28)7-9-18;1-26-23-6-4-3-5-21(23)22-12-9-19(16-24(22)26)27-14-13-18(15-25(27)28)17-7-10-20(29-2)11-8-17;1-26-22-9-11-25-15-21(22)20-8-5-18(14-23(20)26)27-12-10-17(13-24(27)28)16-3-6-19(29-2)7-4-16/h5-9,12-15,17H,10-11,16H2,1-4H3;5-9,12-15H,4,10-11,16H2,1-3H3;6-15,28H,2-5,16H2,1H3;7-16H,3-6H2,1-2H3;3-8,10,12-14,25H,9,11,15H2,1-2H3. The van der Waals surface area contributed by atoms with E-state index in [-0.39, 0.29) is 34.4 Å². The van der Waals surface area contributed by atoms with Gasteiger partial charge >= 0.3 is 0 Å². The fraction of sp³-hybridized carbons (Fsp3) is 0.256. The highest BCUT2D eigenvalue weighted by Crippen LogP contribution is 2.40. The summed E-state index contributed by atoms with van der Waals surface area (Å²) in [6.07, 6.45) is 29.9. The Balaban J connectivity index is 0.000000108. The van der Waals surface area contributed by atoms with Crippen LogP contribution in [0.25, 0.3) is 139 Å². The molecule has 748 valence electrons. The molecule has 3 aliphatic heterocycles. The normalized spacial score (nSPS) is 13.9. The second-order valence-electron chi connectivity index (χ2n) is 40.1. The van der Waals surface area contributed by atoms with E-state index in [1.807, 2.05) is 148 Å². The average Bonchev–Trinajstić information content (AvgIpc) is 1.59. The third-order valence-corrected chi connectivity index (χ3v) is 32.6.